The Morgan fingerprint density at radius 2 is 1.69 bits per heavy atom. The van der Waals surface area contributed by atoms with Crippen LogP contribution in [0.4, 0.5) is 10.5 Å². The van der Waals surface area contributed by atoms with Crippen LogP contribution in [0.15, 0.2) is 54.7 Å². The van der Waals surface area contributed by atoms with Gasteiger partial charge < -0.3 is 24.8 Å². The molecule has 0 spiro atoms. The van der Waals surface area contributed by atoms with Crippen LogP contribution >= 0.6 is 0 Å². The highest BCUT2D eigenvalue weighted by molar-refractivity contribution is 5.64. The number of benzene rings is 2. The average molecular weight is 489 g/mol. The summed E-state index contributed by atoms with van der Waals surface area (Å²) in [5.74, 6) is 0.818. The minimum Gasteiger partial charge on any atom is -0.490 e. The van der Waals surface area contributed by atoms with Crippen molar-refractivity contribution in [1.82, 2.24) is 9.97 Å². The maximum Gasteiger partial charge on any atom is 0.404 e. The molecular formula is C28H32N4O4. The van der Waals surface area contributed by atoms with E-state index in [1.54, 1.807) is 7.11 Å². The molecule has 8 heteroatoms. The highest BCUT2D eigenvalue weighted by Gasteiger charge is 2.33. The molecule has 2 aromatic carbocycles. The number of methoxy groups -OCH3 is 1. The number of rotatable bonds is 7. The van der Waals surface area contributed by atoms with Gasteiger partial charge in [-0.25, -0.2) is 9.78 Å². The number of aromatic nitrogens is 2. The second kappa shape index (κ2) is 9.68. The van der Waals surface area contributed by atoms with E-state index in [0.29, 0.717) is 18.9 Å². The maximum absolute atomic E-state index is 10.8. The van der Waals surface area contributed by atoms with Crippen molar-refractivity contribution in [2.45, 2.75) is 57.3 Å². The van der Waals surface area contributed by atoms with Gasteiger partial charge in [-0.1, -0.05) is 38.1 Å². The molecule has 8 nitrogen and oxygen atoms in total. The molecule has 1 aliphatic carbocycles. The first-order chi connectivity index (χ1) is 17.3. The zero-order valence-electron chi connectivity index (χ0n) is 20.9. The van der Waals surface area contributed by atoms with Crippen molar-refractivity contribution in [1.29, 1.82) is 0 Å². The van der Waals surface area contributed by atoms with Gasteiger partial charge in [0.15, 0.2) is 0 Å². The predicted octanol–water partition coefficient (Wildman–Crippen LogP) is 4.38. The third-order valence-corrected chi connectivity index (χ3v) is 7.27. The van der Waals surface area contributed by atoms with Crippen molar-refractivity contribution in [3.8, 4) is 11.8 Å². The Labute approximate surface area is 211 Å². The minimum absolute atomic E-state index is 0.0510. The van der Waals surface area contributed by atoms with Crippen molar-refractivity contribution < 1.29 is 19.0 Å². The summed E-state index contributed by atoms with van der Waals surface area (Å²) in [4.78, 5) is 22.0. The van der Waals surface area contributed by atoms with E-state index in [0.717, 1.165) is 31.0 Å². The second-order valence-electron chi connectivity index (χ2n) is 9.97. The number of primary amides is 1. The maximum atomic E-state index is 10.8. The summed E-state index contributed by atoms with van der Waals surface area (Å²) >= 11 is 0. The lowest BCUT2D eigenvalue weighted by atomic mass is 9.78. The van der Waals surface area contributed by atoms with Crippen LogP contribution in [0.25, 0.3) is 0 Å². The fourth-order valence-corrected chi connectivity index (χ4v) is 4.88. The number of nitrogens with zero attached hydrogens (tertiary/aromatic N) is 3. The Hall–Kier alpha value is -3.81. The molecule has 5 rings (SSSR count). The van der Waals surface area contributed by atoms with Crippen LogP contribution in [-0.4, -0.2) is 41.9 Å². The summed E-state index contributed by atoms with van der Waals surface area (Å²) in [5.41, 5.74) is 10.8. The molecular weight excluding hydrogens is 456 g/mol. The highest BCUT2D eigenvalue weighted by Crippen LogP contribution is 2.35. The van der Waals surface area contributed by atoms with E-state index in [-0.39, 0.29) is 17.6 Å². The van der Waals surface area contributed by atoms with E-state index in [1.807, 2.05) is 18.3 Å². The first kappa shape index (κ1) is 23.9. The van der Waals surface area contributed by atoms with Crippen LogP contribution in [0.1, 0.15) is 49.1 Å². The Morgan fingerprint density at radius 3 is 2.33 bits per heavy atom. The van der Waals surface area contributed by atoms with Gasteiger partial charge in [0.2, 0.25) is 0 Å². The first-order valence-electron chi connectivity index (χ1n) is 12.3. The van der Waals surface area contributed by atoms with E-state index < -0.39 is 6.09 Å². The number of carbonyl (C=O) groups excluding carboxylic acids is 1. The number of amides is 1. The Kier molecular flexibility index (Phi) is 6.43. The van der Waals surface area contributed by atoms with Crippen molar-refractivity contribution in [2.75, 3.05) is 18.6 Å². The number of hydrogen-bond donors (Lipinski definition) is 1. The van der Waals surface area contributed by atoms with Gasteiger partial charge in [0, 0.05) is 36.7 Å². The van der Waals surface area contributed by atoms with Crippen LogP contribution in [0.3, 0.4) is 0 Å². The Balaban J connectivity index is 1.22. The SMILES string of the molecule is COc1ncc2c(n1)CN(c1ccc(C(C)(C)c3ccc(OC4CC(OC(N)=O)C4)cc3)cc1)CC2. The van der Waals surface area contributed by atoms with Gasteiger partial charge in [-0.3, -0.25) is 0 Å². The lowest BCUT2D eigenvalue weighted by molar-refractivity contribution is -0.0197. The minimum atomic E-state index is -0.727. The number of fused-ring (bicyclic) bond motifs is 1. The van der Waals surface area contributed by atoms with E-state index in [9.17, 15) is 4.79 Å². The zero-order chi connectivity index (χ0) is 25.3. The highest BCUT2D eigenvalue weighted by atomic mass is 16.6. The summed E-state index contributed by atoms with van der Waals surface area (Å²) in [6.07, 6.45) is 3.33. The summed E-state index contributed by atoms with van der Waals surface area (Å²) < 4.78 is 16.2. The standard InChI is InChI=1S/C28H32N4O4/c1-28(2,20-6-10-22(11-7-20)35-23-14-24(15-23)36-26(29)33)19-4-8-21(9-5-19)32-13-12-18-16-30-27(34-3)31-25(18)17-32/h4-11,16,23-24H,12-15,17H2,1-3H3,(H2,29,33). The molecule has 1 amide bonds. The van der Waals surface area contributed by atoms with Gasteiger partial charge in [-0.05, 0) is 47.4 Å². The van der Waals surface area contributed by atoms with Gasteiger partial charge in [-0.2, -0.15) is 4.98 Å². The van der Waals surface area contributed by atoms with E-state index in [4.69, 9.17) is 19.9 Å². The fraction of sp³-hybridized carbons (Fsp3) is 0.393. The lowest BCUT2D eigenvalue weighted by Gasteiger charge is -2.34. The summed E-state index contributed by atoms with van der Waals surface area (Å²) in [6, 6.07) is 17.5. The van der Waals surface area contributed by atoms with Gasteiger partial charge in [0.25, 0.3) is 0 Å². The van der Waals surface area contributed by atoms with Crippen molar-refractivity contribution >= 4 is 11.8 Å². The topological polar surface area (TPSA) is 99.8 Å². The van der Waals surface area contributed by atoms with Crippen LogP contribution < -0.4 is 20.1 Å². The molecule has 3 aromatic rings. The van der Waals surface area contributed by atoms with Gasteiger partial charge in [0.1, 0.15) is 18.0 Å². The number of carbonyl (C=O) groups is 1. The smallest absolute Gasteiger partial charge is 0.404 e. The molecule has 1 fully saturated rings. The molecule has 2 aliphatic rings. The van der Waals surface area contributed by atoms with E-state index in [2.05, 4.69) is 65.1 Å². The number of anilines is 1. The van der Waals surface area contributed by atoms with E-state index in [1.165, 1.54) is 22.4 Å². The molecule has 1 aliphatic heterocycles. The third kappa shape index (κ3) is 4.94. The van der Waals surface area contributed by atoms with Gasteiger partial charge in [-0.15, -0.1) is 0 Å². The summed E-state index contributed by atoms with van der Waals surface area (Å²) in [6.45, 7) is 6.14. The molecule has 0 radical (unpaired) electrons. The van der Waals surface area contributed by atoms with Crippen molar-refractivity contribution in [2.24, 2.45) is 5.73 Å². The lowest BCUT2D eigenvalue weighted by Crippen LogP contribution is -2.41. The fourth-order valence-electron chi connectivity index (χ4n) is 4.88. The van der Waals surface area contributed by atoms with Gasteiger partial charge >= 0.3 is 12.1 Å². The van der Waals surface area contributed by atoms with Crippen LogP contribution in [0.5, 0.6) is 11.8 Å². The number of hydrogen-bond acceptors (Lipinski definition) is 7. The molecule has 1 aromatic heterocycles. The summed E-state index contributed by atoms with van der Waals surface area (Å²) in [7, 11) is 1.59. The van der Waals surface area contributed by atoms with Crippen LogP contribution in [0, 0.1) is 0 Å². The van der Waals surface area contributed by atoms with Crippen molar-refractivity contribution in [3.63, 3.8) is 0 Å². The van der Waals surface area contributed by atoms with Crippen LogP contribution in [0.2, 0.25) is 0 Å². The molecule has 2 heterocycles. The average Bonchev–Trinajstić information content (AvgIpc) is 2.87. The number of nitrogens with two attached hydrogens (primary N) is 1. The normalized spacial score (nSPS) is 19.1. The molecule has 1 saturated carbocycles. The second-order valence-corrected chi connectivity index (χ2v) is 9.97. The number of ether oxygens (including phenoxy) is 3. The first-order valence-corrected chi connectivity index (χ1v) is 12.3. The molecule has 0 bridgehead atoms. The van der Waals surface area contributed by atoms with Crippen molar-refractivity contribution in [3.05, 3.63) is 77.1 Å². The molecule has 0 unspecified atom stereocenters. The third-order valence-electron chi connectivity index (χ3n) is 7.27. The Morgan fingerprint density at radius 1 is 1.03 bits per heavy atom. The van der Waals surface area contributed by atoms with E-state index >= 15 is 0 Å². The zero-order valence-corrected chi connectivity index (χ0v) is 20.9. The summed E-state index contributed by atoms with van der Waals surface area (Å²) in [5, 5.41) is 0. The Bertz CT molecular complexity index is 1220. The molecule has 36 heavy (non-hydrogen) atoms. The molecule has 0 saturated heterocycles. The largest absolute Gasteiger partial charge is 0.490 e. The molecule has 0 atom stereocenters. The van der Waals surface area contributed by atoms with Crippen LogP contribution in [-0.2, 0) is 23.1 Å². The molecule has 2 N–H and O–H groups in total. The quantitative estimate of drug-likeness (QED) is 0.527. The van der Waals surface area contributed by atoms with Gasteiger partial charge in [0.05, 0.1) is 19.3 Å². The monoisotopic (exact) mass is 488 g/mol. The molecule has 188 valence electrons. The predicted molar refractivity (Wildman–Crippen MR) is 136 cm³/mol.